The molecule has 0 aliphatic carbocycles. The first-order valence-corrected chi connectivity index (χ1v) is 8.91. The Hall–Kier alpha value is -1.95. The van der Waals surface area contributed by atoms with Gasteiger partial charge in [-0.2, -0.15) is 0 Å². The van der Waals surface area contributed by atoms with Gasteiger partial charge in [-0.15, -0.1) is 0 Å². The Kier molecular flexibility index (Phi) is 6.31. The number of hydrogen-bond donors (Lipinski definition) is 0. The summed E-state index contributed by atoms with van der Waals surface area (Å²) < 4.78 is 11.2. The summed E-state index contributed by atoms with van der Waals surface area (Å²) in [6.07, 6.45) is 3.46. The van der Waals surface area contributed by atoms with Gasteiger partial charge in [-0.05, 0) is 55.3 Å². The van der Waals surface area contributed by atoms with Crippen LogP contribution in [0.5, 0.6) is 11.5 Å². The van der Waals surface area contributed by atoms with Crippen LogP contribution in [0.2, 0.25) is 0 Å². The van der Waals surface area contributed by atoms with Crippen molar-refractivity contribution >= 4 is 29.0 Å². The molecular formula is C18H23NO4S. The maximum Gasteiger partial charge on any atom is 0.293 e. The second-order valence-corrected chi connectivity index (χ2v) is 6.57. The predicted molar refractivity (Wildman–Crippen MR) is 96.3 cm³/mol. The largest absolute Gasteiger partial charge is 0.493 e. The molecule has 1 heterocycles. The number of amides is 2. The van der Waals surface area contributed by atoms with Gasteiger partial charge in [-0.1, -0.05) is 19.9 Å². The first-order valence-electron chi connectivity index (χ1n) is 8.10. The van der Waals surface area contributed by atoms with Gasteiger partial charge in [0.2, 0.25) is 0 Å². The SMILES string of the molecule is CCCN1C(=O)S/C(=C/c2ccc(O[C@@H](C)CC)c(OC)c2)C1=O. The minimum absolute atomic E-state index is 0.0929. The lowest BCUT2D eigenvalue weighted by Gasteiger charge is -2.15. The number of imide groups is 1. The summed E-state index contributed by atoms with van der Waals surface area (Å²) in [5.41, 5.74) is 0.797. The third kappa shape index (κ3) is 4.12. The first kappa shape index (κ1) is 18.4. The second kappa shape index (κ2) is 8.24. The molecule has 0 N–H and O–H groups in total. The third-order valence-electron chi connectivity index (χ3n) is 3.71. The fourth-order valence-electron chi connectivity index (χ4n) is 2.24. The van der Waals surface area contributed by atoms with Crippen LogP contribution in [0.4, 0.5) is 4.79 Å². The highest BCUT2D eigenvalue weighted by atomic mass is 32.2. The van der Waals surface area contributed by atoms with Crippen LogP contribution in [-0.4, -0.2) is 35.8 Å². The van der Waals surface area contributed by atoms with Crippen molar-refractivity contribution in [3.63, 3.8) is 0 Å². The molecule has 1 atom stereocenters. The van der Waals surface area contributed by atoms with E-state index in [9.17, 15) is 9.59 Å². The molecule has 1 aromatic rings. The molecule has 0 saturated carbocycles. The van der Waals surface area contributed by atoms with Crippen molar-refractivity contribution < 1.29 is 19.1 Å². The minimum atomic E-state index is -0.231. The van der Waals surface area contributed by atoms with E-state index >= 15 is 0 Å². The van der Waals surface area contributed by atoms with Gasteiger partial charge in [-0.3, -0.25) is 14.5 Å². The van der Waals surface area contributed by atoms with E-state index in [-0.39, 0.29) is 17.3 Å². The maximum absolute atomic E-state index is 12.3. The van der Waals surface area contributed by atoms with Crippen molar-refractivity contribution in [2.75, 3.05) is 13.7 Å². The van der Waals surface area contributed by atoms with Crippen LogP contribution in [-0.2, 0) is 4.79 Å². The number of methoxy groups -OCH3 is 1. The van der Waals surface area contributed by atoms with E-state index in [1.54, 1.807) is 13.2 Å². The predicted octanol–water partition coefficient (Wildman–Crippen LogP) is 4.32. The van der Waals surface area contributed by atoms with Crippen molar-refractivity contribution in [3.05, 3.63) is 28.7 Å². The van der Waals surface area contributed by atoms with Crippen LogP contribution >= 0.6 is 11.8 Å². The van der Waals surface area contributed by atoms with Gasteiger partial charge < -0.3 is 9.47 Å². The van der Waals surface area contributed by atoms with Crippen LogP contribution in [0, 0.1) is 0 Å². The van der Waals surface area contributed by atoms with E-state index in [0.29, 0.717) is 22.9 Å². The molecule has 5 nitrogen and oxygen atoms in total. The summed E-state index contributed by atoms with van der Waals surface area (Å²) in [7, 11) is 1.58. The van der Waals surface area contributed by atoms with Crippen LogP contribution < -0.4 is 9.47 Å². The van der Waals surface area contributed by atoms with Gasteiger partial charge in [0.25, 0.3) is 11.1 Å². The molecule has 1 aromatic carbocycles. The van der Waals surface area contributed by atoms with E-state index < -0.39 is 0 Å². The smallest absolute Gasteiger partial charge is 0.293 e. The van der Waals surface area contributed by atoms with Gasteiger partial charge in [0.15, 0.2) is 11.5 Å². The topological polar surface area (TPSA) is 55.8 Å². The molecule has 0 radical (unpaired) electrons. The summed E-state index contributed by atoms with van der Waals surface area (Å²) in [6.45, 7) is 6.44. The Morgan fingerprint density at radius 1 is 1.25 bits per heavy atom. The lowest BCUT2D eigenvalue weighted by Crippen LogP contribution is -2.28. The number of carbonyl (C=O) groups is 2. The molecule has 1 saturated heterocycles. The Balaban J connectivity index is 2.24. The highest BCUT2D eigenvalue weighted by molar-refractivity contribution is 8.18. The monoisotopic (exact) mass is 349 g/mol. The fourth-order valence-corrected chi connectivity index (χ4v) is 3.10. The van der Waals surface area contributed by atoms with Gasteiger partial charge in [0.05, 0.1) is 18.1 Å². The lowest BCUT2D eigenvalue weighted by molar-refractivity contribution is -0.122. The Bertz CT molecular complexity index is 656. The van der Waals surface area contributed by atoms with Crippen molar-refractivity contribution in [2.24, 2.45) is 0 Å². The van der Waals surface area contributed by atoms with Crippen LogP contribution in [0.15, 0.2) is 23.1 Å². The number of benzene rings is 1. The Labute approximate surface area is 147 Å². The molecule has 130 valence electrons. The summed E-state index contributed by atoms with van der Waals surface area (Å²) in [6, 6.07) is 5.49. The number of carbonyl (C=O) groups excluding carboxylic acids is 2. The molecule has 6 heteroatoms. The normalized spacial score (nSPS) is 17.5. The molecule has 0 aromatic heterocycles. The summed E-state index contributed by atoms with van der Waals surface area (Å²) >= 11 is 0.975. The average Bonchev–Trinajstić information content (AvgIpc) is 2.83. The number of rotatable bonds is 7. The molecule has 0 spiro atoms. The van der Waals surface area contributed by atoms with Crippen LogP contribution in [0.25, 0.3) is 6.08 Å². The van der Waals surface area contributed by atoms with E-state index in [1.807, 2.05) is 32.0 Å². The summed E-state index contributed by atoms with van der Waals surface area (Å²) in [5, 5.41) is -0.211. The molecule has 1 aliphatic heterocycles. The fraction of sp³-hybridized carbons (Fsp3) is 0.444. The number of hydrogen-bond acceptors (Lipinski definition) is 5. The average molecular weight is 349 g/mol. The zero-order valence-electron chi connectivity index (χ0n) is 14.5. The molecule has 2 amide bonds. The van der Waals surface area contributed by atoms with E-state index in [0.717, 1.165) is 30.2 Å². The minimum Gasteiger partial charge on any atom is -0.493 e. The lowest BCUT2D eigenvalue weighted by atomic mass is 10.1. The van der Waals surface area contributed by atoms with Gasteiger partial charge >= 0.3 is 0 Å². The number of ether oxygens (including phenoxy) is 2. The Morgan fingerprint density at radius 2 is 2.00 bits per heavy atom. The zero-order chi connectivity index (χ0) is 17.7. The summed E-state index contributed by atoms with van der Waals surface area (Å²) in [5.74, 6) is 1.05. The van der Waals surface area contributed by atoms with Gasteiger partial charge in [0, 0.05) is 6.54 Å². The van der Waals surface area contributed by atoms with E-state index in [2.05, 4.69) is 6.92 Å². The number of thioether (sulfide) groups is 1. The quantitative estimate of drug-likeness (QED) is 0.686. The molecule has 2 rings (SSSR count). The molecule has 0 unspecified atom stereocenters. The second-order valence-electron chi connectivity index (χ2n) is 5.58. The Morgan fingerprint density at radius 3 is 2.62 bits per heavy atom. The van der Waals surface area contributed by atoms with Crippen LogP contribution in [0.1, 0.15) is 39.2 Å². The zero-order valence-corrected chi connectivity index (χ0v) is 15.3. The van der Waals surface area contributed by atoms with E-state index in [4.69, 9.17) is 9.47 Å². The van der Waals surface area contributed by atoms with Gasteiger partial charge in [-0.25, -0.2) is 0 Å². The standard InChI is InChI=1S/C18H23NO4S/c1-5-9-19-17(20)16(24-18(19)21)11-13-7-8-14(15(10-13)22-4)23-12(3)6-2/h7-8,10-12H,5-6,9H2,1-4H3/b16-11+/t12-/m0/s1. The van der Waals surface area contributed by atoms with Crippen molar-refractivity contribution in [3.8, 4) is 11.5 Å². The molecule has 1 fully saturated rings. The van der Waals surface area contributed by atoms with Gasteiger partial charge in [0.1, 0.15) is 0 Å². The van der Waals surface area contributed by atoms with Crippen molar-refractivity contribution in [2.45, 2.75) is 39.7 Å². The summed E-state index contributed by atoms with van der Waals surface area (Å²) in [4.78, 5) is 25.9. The van der Waals surface area contributed by atoms with Crippen molar-refractivity contribution in [1.29, 1.82) is 0 Å². The first-order chi connectivity index (χ1) is 11.5. The molecule has 24 heavy (non-hydrogen) atoms. The third-order valence-corrected chi connectivity index (χ3v) is 4.62. The highest BCUT2D eigenvalue weighted by Gasteiger charge is 2.34. The maximum atomic E-state index is 12.3. The number of nitrogens with zero attached hydrogens (tertiary/aromatic N) is 1. The molecular weight excluding hydrogens is 326 g/mol. The molecule has 1 aliphatic rings. The molecule has 0 bridgehead atoms. The van der Waals surface area contributed by atoms with E-state index in [1.165, 1.54) is 4.90 Å². The van der Waals surface area contributed by atoms with Crippen molar-refractivity contribution in [1.82, 2.24) is 4.90 Å². The van der Waals surface area contributed by atoms with Crippen LogP contribution in [0.3, 0.4) is 0 Å². The highest BCUT2D eigenvalue weighted by Crippen LogP contribution is 2.34.